The molecule has 0 aliphatic heterocycles. The van der Waals surface area contributed by atoms with Crippen LogP contribution in [-0.2, 0) is 10.3 Å². The van der Waals surface area contributed by atoms with Gasteiger partial charge in [-0.05, 0) is 59.5 Å². The molecule has 0 radical (unpaired) electrons. The predicted octanol–water partition coefficient (Wildman–Crippen LogP) is 7.63. The third-order valence-corrected chi connectivity index (χ3v) is 7.56. The molecule has 0 saturated carbocycles. The molecule has 212 valence electrons. The Kier molecular flexibility index (Phi) is 7.83. The molecule has 6 heteroatoms. The Bertz CT molecular complexity index is 1770. The van der Waals surface area contributed by atoms with Crippen molar-refractivity contribution in [3.63, 3.8) is 0 Å². The Morgan fingerprint density at radius 2 is 1.33 bits per heavy atom. The largest absolute Gasteiger partial charge is 0.495 e. The van der Waals surface area contributed by atoms with Crippen LogP contribution in [-0.4, -0.2) is 34.5 Å². The van der Waals surface area contributed by atoms with E-state index in [1.165, 1.54) is 0 Å². The molecule has 0 unspecified atom stereocenters. The molecule has 43 heavy (non-hydrogen) atoms. The molecule has 6 rings (SSSR count). The number of hydrogen-bond donors (Lipinski definition) is 0. The number of aromatic nitrogens is 3. The molecule has 0 amide bonds. The summed E-state index contributed by atoms with van der Waals surface area (Å²) in [6.45, 7) is 2.05. The summed E-state index contributed by atoms with van der Waals surface area (Å²) in [6.07, 6.45) is 7.44. The van der Waals surface area contributed by atoms with Crippen LogP contribution in [0.4, 0.5) is 0 Å². The van der Waals surface area contributed by atoms with E-state index >= 15 is 0 Å². The summed E-state index contributed by atoms with van der Waals surface area (Å²) < 4.78 is 13.4. The number of fused-ring (bicyclic) bond motifs is 1. The van der Waals surface area contributed by atoms with Crippen LogP contribution in [0.2, 0.25) is 0 Å². The van der Waals surface area contributed by atoms with E-state index in [9.17, 15) is 4.79 Å². The van der Waals surface area contributed by atoms with Crippen molar-refractivity contribution in [3.8, 4) is 5.75 Å². The average molecular weight is 566 g/mol. The standard InChI is InChI=1S/C37H31N3O3/c1-3-43-36(41)31-20-22-33-34(35(31)42-2)32(21-19-27-23-25-38-26-24-27)39-40(33)37(28-13-7-4-8-14-28,29-15-9-5-10-16-29)30-17-11-6-12-18-30/h4-26H,3H2,1-2H3. The maximum Gasteiger partial charge on any atom is 0.341 e. The van der Waals surface area contributed by atoms with Gasteiger partial charge in [-0.15, -0.1) is 0 Å². The van der Waals surface area contributed by atoms with Gasteiger partial charge in [0.05, 0.1) is 30.3 Å². The van der Waals surface area contributed by atoms with E-state index < -0.39 is 11.5 Å². The summed E-state index contributed by atoms with van der Waals surface area (Å²) in [4.78, 5) is 17.2. The van der Waals surface area contributed by atoms with Crippen LogP contribution in [0, 0.1) is 0 Å². The molecule has 0 fully saturated rings. The number of esters is 1. The summed E-state index contributed by atoms with van der Waals surface area (Å²) in [5, 5.41) is 6.06. The highest BCUT2D eigenvalue weighted by molar-refractivity contribution is 6.04. The second-order valence-corrected chi connectivity index (χ2v) is 9.98. The fourth-order valence-corrected chi connectivity index (χ4v) is 5.72. The first-order valence-corrected chi connectivity index (χ1v) is 14.2. The van der Waals surface area contributed by atoms with Gasteiger partial charge in [0.15, 0.2) is 0 Å². The Labute approximate surface area is 250 Å². The van der Waals surface area contributed by atoms with Crippen molar-refractivity contribution >= 4 is 29.0 Å². The molecule has 2 aromatic heterocycles. The third kappa shape index (κ3) is 4.97. The van der Waals surface area contributed by atoms with E-state index in [1.54, 1.807) is 32.5 Å². The number of methoxy groups -OCH3 is 1. The van der Waals surface area contributed by atoms with Crippen LogP contribution in [0.5, 0.6) is 5.75 Å². The summed E-state index contributed by atoms with van der Waals surface area (Å²) in [5.41, 5.74) is 5.03. The maximum atomic E-state index is 13.1. The molecule has 4 aromatic carbocycles. The molecule has 0 spiro atoms. The molecule has 0 saturated heterocycles. The lowest BCUT2D eigenvalue weighted by Gasteiger charge is -2.37. The van der Waals surface area contributed by atoms with Crippen molar-refractivity contribution < 1.29 is 14.3 Å². The molecule has 6 nitrogen and oxygen atoms in total. The van der Waals surface area contributed by atoms with E-state index in [2.05, 4.69) is 46.1 Å². The van der Waals surface area contributed by atoms with Gasteiger partial charge in [-0.1, -0.05) is 97.1 Å². The van der Waals surface area contributed by atoms with Gasteiger partial charge in [-0.3, -0.25) is 4.98 Å². The van der Waals surface area contributed by atoms with Gasteiger partial charge in [0.2, 0.25) is 0 Å². The van der Waals surface area contributed by atoms with Gasteiger partial charge in [0.25, 0.3) is 0 Å². The first-order chi connectivity index (χ1) is 21.2. The molecule has 0 atom stereocenters. The van der Waals surface area contributed by atoms with Gasteiger partial charge in [-0.25, -0.2) is 9.48 Å². The first-order valence-electron chi connectivity index (χ1n) is 14.2. The molecule has 0 bridgehead atoms. The zero-order valence-corrected chi connectivity index (χ0v) is 24.1. The number of rotatable bonds is 9. The zero-order valence-electron chi connectivity index (χ0n) is 24.1. The monoisotopic (exact) mass is 565 g/mol. The molecule has 0 N–H and O–H groups in total. The van der Waals surface area contributed by atoms with Gasteiger partial charge >= 0.3 is 5.97 Å². The molecular formula is C37H31N3O3. The highest BCUT2D eigenvalue weighted by Crippen LogP contribution is 2.45. The summed E-state index contributed by atoms with van der Waals surface area (Å²) in [7, 11) is 1.57. The Balaban J connectivity index is 1.75. The third-order valence-electron chi connectivity index (χ3n) is 7.56. The summed E-state index contributed by atoms with van der Waals surface area (Å²) >= 11 is 0. The molecular weight excluding hydrogens is 534 g/mol. The minimum atomic E-state index is -0.860. The highest BCUT2D eigenvalue weighted by atomic mass is 16.5. The second kappa shape index (κ2) is 12.2. The summed E-state index contributed by atoms with van der Waals surface area (Å²) in [6, 6.07) is 38.7. The quantitative estimate of drug-likeness (QED) is 0.133. The fourth-order valence-electron chi connectivity index (χ4n) is 5.72. The lowest BCUT2D eigenvalue weighted by Crippen LogP contribution is -2.38. The van der Waals surface area contributed by atoms with Crippen molar-refractivity contribution in [3.05, 3.63) is 161 Å². The van der Waals surface area contributed by atoms with Crippen LogP contribution in [0.25, 0.3) is 23.1 Å². The number of carbonyl (C=O) groups is 1. The van der Waals surface area contributed by atoms with Crippen LogP contribution in [0.1, 0.15) is 45.2 Å². The average Bonchev–Trinajstić information content (AvgIpc) is 3.44. The van der Waals surface area contributed by atoms with Crippen LogP contribution >= 0.6 is 0 Å². The van der Waals surface area contributed by atoms with E-state index in [0.717, 1.165) is 27.8 Å². The van der Waals surface area contributed by atoms with Gasteiger partial charge in [0.1, 0.15) is 16.9 Å². The van der Waals surface area contributed by atoms with Crippen molar-refractivity contribution in [2.75, 3.05) is 13.7 Å². The topological polar surface area (TPSA) is 66.2 Å². The maximum absolute atomic E-state index is 13.1. The number of ether oxygens (including phenoxy) is 2. The van der Waals surface area contributed by atoms with Gasteiger partial charge in [-0.2, -0.15) is 5.10 Å². The van der Waals surface area contributed by atoms with E-state index in [0.29, 0.717) is 22.4 Å². The first kappa shape index (κ1) is 27.7. The molecule has 0 aliphatic rings. The zero-order chi connectivity index (χ0) is 29.6. The summed E-state index contributed by atoms with van der Waals surface area (Å²) in [5.74, 6) is -0.0295. The van der Waals surface area contributed by atoms with Crippen LogP contribution in [0.15, 0.2) is 128 Å². The Morgan fingerprint density at radius 1 is 0.767 bits per heavy atom. The number of pyridine rings is 1. The normalized spacial score (nSPS) is 11.6. The van der Waals surface area contributed by atoms with Crippen molar-refractivity contribution in [2.24, 2.45) is 0 Å². The van der Waals surface area contributed by atoms with Crippen molar-refractivity contribution in [1.29, 1.82) is 0 Å². The van der Waals surface area contributed by atoms with Crippen molar-refractivity contribution in [1.82, 2.24) is 14.8 Å². The van der Waals surface area contributed by atoms with Crippen LogP contribution in [0.3, 0.4) is 0 Å². The van der Waals surface area contributed by atoms with E-state index in [-0.39, 0.29) is 6.61 Å². The SMILES string of the molecule is CCOC(=O)c1ccc2c(c(C=Cc3ccncc3)nn2C(c2ccccc2)(c2ccccc2)c2ccccc2)c1OC. The van der Waals surface area contributed by atoms with Gasteiger partial charge in [0, 0.05) is 12.4 Å². The molecule has 0 aliphatic carbocycles. The molecule has 6 aromatic rings. The van der Waals surface area contributed by atoms with Crippen LogP contribution < -0.4 is 4.74 Å². The number of hydrogen-bond acceptors (Lipinski definition) is 5. The predicted molar refractivity (Wildman–Crippen MR) is 170 cm³/mol. The Hall–Kier alpha value is -5.49. The number of nitrogens with zero attached hydrogens (tertiary/aromatic N) is 3. The van der Waals surface area contributed by atoms with E-state index in [1.807, 2.05) is 84.9 Å². The van der Waals surface area contributed by atoms with E-state index in [4.69, 9.17) is 14.6 Å². The minimum absolute atomic E-state index is 0.257. The fraction of sp³-hybridized carbons (Fsp3) is 0.108. The molecule has 2 heterocycles. The van der Waals surface area contributed by atoms with Gasteiger partial charge < -0.3 is 9.47 Å². The highest BCUT2D eigenvalue weighted by Gasteiger charge is 2.41. The number of carbonyl (C=O) groups excluding carboxylic acids is 1. The van der Waals surface area contributed by atoms with Crippen molar-refractivity contribution in [2.45, 2.75) is 12.5 Å². The number of benzene rings is 4. The smallest absolute Gasteiger partial charge is 0.341 e. The minimum Gasteiger partial charge on any atom is -0.495 e. The lowest BCUT2D eigenvalue weighted by atomic mass is 9.77. The Morgan fingerprint density at radius 3 is 1.84 bits per heavy atom. The second-order valence-electron chi connectivity index (χ2n) is 9.98. The lowest BCUT2D eigenvalue weighted by molar-refractivity contribution is 0.0523.